The van der Waals surface area contributed by atoms with Crippen LogP contribution in [-0.2, 0) is 0 Å². The molecule has 0 amide bonds. The Kier molecular flexibility index (Phi) is 3.25. The molecule has 0 aliphatic carbocycles. The van der Waals surface area contributed by atoms with Gasteiger partial charge in [-0.25, -0.2) is 9.97 Å². The van der Waals surface area contributed by atoms with Crippen molar-refractivity contribution in [3.05, 3.63) is 47.8 Å². The molecule has 8 heteroatoms. The highest BCUT2D eigenvalue weighted by atomic mass is 15.1. The van der Waals surface area contributed by atoms with Gasteiger partial charge in [0.2, 0.25) is 0 Å². The van der Waals surface area contributed by atoms with Crippen molar-refractivity contribution in [2.45, 2.75) is 0 Å². The lowest BCUT2D eigenvalue weighted by Gasteiger charge is -2.01. The largest absolute Gasteiger partial charge is 0.368 e. The Labute approximate surface area is 160 Å². The second-order valence-corrected chi connectivity index (χ2v) is 6.95. The van der Waals surface area contributed by atoms with Crippen LogP contribution in [0.1, 0.15) is 11.4 Å². The summed E-state index contributed by atoms with van der Waals surface area (Å²) in [5.41, 5.74) is 5.91. The SMILES string of the molecule is c1cc2nc(-c3ccc4nc(C5=NCCN5)[nH]c4c3)[nH]c2cc1C1=NCCN1. The van der Waals surface area contributed by atoms with Gasteiger partial charge in [-0.1, -0.05) is 0 Å². The average Bonchev–Trinajstić information content (AvgIpc) is 3.52. The molecule has 8 nitrogen and oxygen atoms in total. The van der Waals surface area contributed by atoms with E-state index in [1.165, 1.54) is 0 Å². The molecule has 0 saturated heterocycles. The molecule has 6 rings (SSSR count). The highest BCUT2D eigenvalue weighted by Gasteiger charge is 2.14. The predicted octanol–water partition coefficient (Wildman–Crippen LogP) is 1.81. The number of aromatic nitrogens is 4. The number of imidazole rings is 2. The minimum Gasteiger partial charge on any atom is -0.368 e. The second kappa shape index (κ2) is 5.91. The highest BCUT2D eigenvalue weighted by molar-refractivity contribution is 6.02. The first-order valence-corrected chi connectivity index (χ1v) is 9.41. The number of amidine groups is 2. The molecule has 2 aliphatic heterocycles. The molecular formula is C20H18N8. The normalized spacial score (nSPS) is 16.3. The first-order valence-electron chi connectivity index (χ1n) is 9.41. The Morgan fingerprint density at radius 3 is 1.96 bits per heavy atom. The maximum Gasteiger partial charge on any atom is 0.173 e. The first kappa shape index (κ1) is 15.4. The summed E-state index contributed by atoms with van der Waals surface area (Å²) in [6.07, 6.45) is 0. The summed E-state index contributed by atoms with van der Waals surface area (Å²) >= 11 is 0. The number of benzene rings is 2. The second-order valence-electron chi connectivity index (χ2n) is 6.95. The van der Waals surface area contributed by atoms with Crippen LogP contribution in [0.4, 0.5) is 0 Å². The molecule has 4 aromatic rings. The number of nitrogens with one attached hydrogen (secondary N) is 4. The van der Waals surface area contributed by atoms with Gasteiger partial charge >= 0.3 is 0 Å². The summed E-state index contributed by atoms with van der Waals surface area (Å²) in [6.45, 7) is 3.38. The average molecular weight is 370 g/mol. The zero-order valence-corrected chi connectivity index (χ0v) is 15.1. The molecule has 2 aliphatic rings. The van der Waals surface area contributed by atoms with Gasteiger partial charge in [-0.05, 0) is 36.4 Å². The summed E-state index contributed by atoms with van der Waals surface area (Å²) in [5.74, 6) is 3.40. The first-order chi connectivity index (χ1) is 13.8. The molecule has 0 bridgehead atoms. The Bertz CT molecular complexity index is 1250. The standard InChI is InChI=1S/C20H18N8/c1-3-13-15(9-11(1)17-21-5-6-22-17)27-18(25-13)12-2-4-14-16(10-12)28-20(26-14)19-23-7-8-24-19/h1-4,9-10H,5-8H2,(H,21,22)(H,23,24)(H,25,27)(H,26,28). The molecule has 2 aromatic carbocycles. The predicted molar refractivity (Wildman–Crippen MR) is 110 cm³/mol. The number of nitrogens with zero attached hydrogens (tertiary/aromatic N) is 4. The topological polar surface area (TPSA) is 106 Å². The molecule has 0 radical (unpaired) electrons. The van der Waals surface area contributed by atoms with E-state index in [4.69, 9.17) is 4.98 Å². The van der Waals surface area contributed by atoms with Gasteiger partial charge in [-0.2, -0.15) is 0 Å². The Morgan fingerprint density at radius 1 is 0.643 bits per heavy atom. The van der Waals surface area contributed by atoms with Gasteiger partial charge in [-0.15, -0.1) is 0 Å². The molecule has 28 heavy (non-hydrogen) atoms. The molecule has 138 valence electrons. The van der Waals surface area contributed by atoms with Crippen molar-refractivity contribution in [2.24, 2.45) is 9.98 Å². The van der Waals surface area contributed by atoms with E-state index in [1.807, 2.05) is 18.2 Å². The van der Waals surface area contributed by atoms with Crippen molar-refractivity contribution in [1.82, 2.24) is 30.6 Å². The summed E-state index contributed by atoms with van der Waals surface area (Å²) in [7, 11) is 0. The van der Waals surface area contributed by atoms with E-state index in [0.29, 0.717) is 0 Å². The number of H-pyrrole nitrogens is 2. The number of hydrogen-bond acceptors (Lipinski definition) is 6. The van der Waals surface area contributed by atoms with Crippen molar-refractivity contribution in [2.75, 3.05) is 26.2 Å². The number of aromatic amines is 2. The molecule has 0 spiro atoms. The third-order valence-electron chi connectivity index (χ3n) is 5.08. The summed E-state index contributed by atoms with van der Waals surface area (Å²) < 4.78 is 0. The van der Waals surface area contributed by atoms with Crippen molar-refractivity contribution in [3.63, 3.8) is 0 Å². The van der Waals surface area contributed by atoms with Gasteiger partial charge in [0, 0.05) is 24.2 Å². The van der Waals surface area contributed by atoms with E-state index >= 15 is 0 Å². The van der Waals surface area contributed by atoms with Crippen LogP contribution in [0.2, 0.25) is 0 Å². The van der Waals surface area contributed by atoms with Gasteiger partial charge in [0.1, 0.15) is 11.7 Å². The Hall–Kier alpha value is -3.68. The third-order valence-corrected chi connectivity index (χ3v) is 5.08. The van der Waals surface area contributed by atoms with Crippen LogP contribution in [0.3, 0.4) is 0 Å². The highest BCUT2D eigenvalue weighted by Crippen LogP contribution is 2.24. The van der Waals surface area contributed by atoms with E-state index in [9.17, 15) is 0 Å². The molecule has 2 aromatic heterocycles. The molecule has 4 heterocycles. The van der Waals surface area contributed by atoms with Crippen molar-refractivity contribution in [1.29, 1.82) is 0 Å². The van der Waals surface area contributed by atoms with E-state index in [2.05, 4.69) is 53.8 Å². The maximum atomic E-state index is 4.76. The van der Waals surface area contributed by atoms with Gasteiger partial charge in [-0.3, -0.25) is 9.98 Å². The van der Waals surface area contributed by atoms with Crippen LogP contribution in [0.25, 0.3) is 33.5 Å². The summed E-state index contributed by atoms with van der Waals surface area (Å²) in [6, 6.07) is 12.3. The van der Waals surface area contributed by atoms with Crippen LogP contribution < -0.4 is 10.6 Å². The van der Waals surface area contributed by atoms with Crippen molar-refractivity contribution >= 4 is 33.7 Å². The zero-order chi connectivity index (χ0) is 18.5. The van der Waals surface area contributed by atoms with E-state index in [1.54, 1.807) is 0 Å². The Balaban J connectivity index is 1.39. The molecule has 0 unspecified atom stereocenters. The third kappa shape index (κ3) is 2.45. The smallest absolute Gasteiger partial charge is 0.173 e. The summed E-state index contributed by atoms with van der Waals surface area (Å²) in [4.78, 5) is 25.1. The van der Waals surface area contributed by atoms with Crippen LogP contribution in [-0.4, -0.2) is 57.8 Å². The van der Waals surface area contributed by atoms with Gasteiger partial charge in [0.25, 0.3) is 0 Å². The molecular weight excluding hydrogens is 352 g/mol. The maximum absolute atomic E-state index is 4.76. The fourth-order valence-corrected chi connectivity index (χ4v) is 3.71. The van der Waals surface area contributed by atoms with Crippen molar-refractivity contribution < 1.29 is 0 Å². The van der Waals surface area contributed by atoms with E-state index < -0.39 is 0 Å². The van der Waals surface area contributed by atoms with Crippen LogP contribution >= 0.6 is 0 Å². The van der Waals surface area contributed by atoms with Crippen molar-refractivity contribution in [3.8, 4) is 11.4 Å². The lowest BCUT2D eigenvalue weighted by Crippen LogP contribution is -2.20. The quantitative estimate of drug-likeness (QED) is 0.441. The summed E-state index contributed by atoms with van der Waals surface area (Å²) in [5, 5.41) is 6.56. The van der Waals surface area contributed by atoms with Crippen LogP contribution in [0, 0.1) is 0 Å². The fourth-order valence-electron chi connectivity index (χ4n) is 3.71. The minimum absolute atomic E-state index is 0.781. The van der Waals surface area contributed by atoms with Gasteiger partial charge in [0.05, 0.1) is 35.2 Å². The molecule has 0 atom stereocenters. The zero-order valence-electron chi connectivity index (χ0n) is 15.1. The number of hydrogen-bond donors (Lipinski definition) is 4. The van der Waals surface area contributed by atoms with E-state index in [-0.39, 0.29) is 0 Å². The lowest BCUT2D eigenvalue weighted by atomic mass is 10.2. The van der Waals surface area contributed by atoms with Gasteiger partial charge in [0.15, 0.2) is 11.7 Å². The minimum atomic E-state index is 0.781. The molecule has 0 fully saturated rings. The number of fused-ring (bicyclic) bond motifs is 2. The Morgan fingerprint density at radius 2 is 1.25 bits per heavy atom. The lowest BCUT2D eigenvalue weighted by molar-refractivity contribution is 0.957. The van der Waals surface area contributed by atoms with Crippen LogP contribution in [0.5, 0.6) is 0 Å². The van der Waals surface area contributed by atoms with Crippen LogP contribution in [0.15, 0.2) is 46.4 Å². The van der Waals surface area contributed by atoms with Gasteiger partial charge < -0.3 is 20.6 Å². The molecule has 0 saturated carbocycles. The number of rotatable bonds is 3. The molecule has 4 N–H and O–H groups in total. The van der Waals surface area contributed by atoms with E-state index in [0.717, 1.165) is 82.7 Å². The number of aliphatic imine (C=N–C) groups is 2. The monoisotopic (exact) mass is 370 g/mol. The fraction of sp³-hybridized carbons (Fsp3) is 0.200.